The maximum absolute atomic E-state index is 13.5. The molecule has 0 bridgehead atoms. The second-order valence-electron chi connectivity index (χ2n) is 3.69. The molecule has 17 heavy (non-hydrogen) atoms. The predicted molar refractivity (Wildman–Crippen MR) is 66.0 cm³/mol. The second-order valence-corrected chi connectivity index (χ2v) is 4.47. The summed E-state index contributed by atoms with van der Waals surface area (Å²) < 4.78 is 17.6. The van der Waals surface area contributed by atoms with E-state index in [1.54, 1.807) is 19.1 Å². The summed E-state index contributed by atoms with van der Waals surface area (Å²) in [6.45, 7) is 3.64. The summed E-state index contributed by atoms with van der Waals surface area (Å²) in [7, 11) is 0. The van der Waals surface area contributed by atoms with Crippen LogP contribution >= 0.6 is 11.5 Å². The van der Waals surface area contributed by atoms with E-state index in [0.29, 0.717) is 21.9 Å². The summed E-state index contributed by atoms with van der Waals surface area (Å²) >= 11 is 1.16. The molecule has 0 fully saturated rings. The molecule has 1 heterocycles. The predicted octanol–water partition coefficient (Wildman–Crippen LogP) is 3.51. The van der Waals surface area contributed by atoms with Crippen molar-refractivity contribution in [2.45, 2.75) is 13.8 Å². The first kappa shape index (κ1) is 11.6. The van der Waals surface area contributed by atoms with Crippen LogP contribution in [-0.4, -0.2) is 4.37 Å². The van der Waals surface area contributed by atoms with Crippen LogP contribution in [0.15, 0.2) is 18.2 Å². The highest BCUT2D eigenvalue weighted by atomic mass is 32.1. The van der Waals surface area contributed by atoms with Crippen molar-refractivity contribution in [1.29, 1.82) is 5.26 Å². The average Bonchev–Trinajstić information content (AvgIpc) is 2.64. The summed E-state index contributed by atoms with van der Waals surface area (Å²) in [5.74, 6) is -0.342. The Balaban J connectivity index is 2.38. The normalized spacial score (nSPS) is 10.0. The molecule has 0 aliphatic carbocycles. The van der Waals surface area contributed by atoms with Crippen LogP contribution in [0.2, 0.25) is 0 Å². The first-order valence-electron chi connectivity index (χ1n) is 5.01. The zero-order valence-corrected chi connectivity index (χ0v) is 10.2. The highest BCUT2D eigenvalue weighted by Crippen LogP contribution is 2.28. The Kier molecular flexibility index (Phi) is 3.07. The Hall–Kier alpha value is -1.93. The van der Waals surface area contributed by atoms with Crippen LogP contribution in [0.3, 0.4) is 0 Å². The summed E-state index contributed by atoms with van der Waals surface area (Å²) in [6, 6.07) is 6.86. The number of hydrogen-bond acceptors (Lipinski definition) is 4. The van der Waals surface area contributed by atoms with Gasteiger partial charge in [0.1, 0.15) is 22.5 Å². The van der Waals surface area contributed by atoms with Crippen molar-refractivity contribution in [3.63, 3.8) is 0 Å². The van der Waals surface area contributed by atoms with E-state index in [0.717, 1.165) is 17.1 Å². The fourth-order valence-corrected chi connectivity index (χ4v) is 2.20. The number of nitrogens with one attached hydrogen (secondary N) is 1. The monoisotopic (exact) mass is 247 g/mol. The van der Waals surface area contributed by atoms with Crippen LogP contribution in [0.5, 0.6) is 0 Å². The third kappa shape index (κ3) is 2.27. The highest BCUT2D eigenvalue weighted by molar-refractivity contribution is 7.10. The van der Waals surface area contributed by atoms with Gasteiger partial charge in [-0.05, 0) is 43.1 Å². The standard InChI is InChI=1S/C12H10FN3S/c1-7-3-4-10(13)11(5-7)15-12-9(6-14)8(2)16-17-12/h3-5,15H,1-2H3. The molecule has 0 amide bonds. The van der Waals surface area contributed by atoms with E-state index in [1.165, 1.54) is 6.07 Å². The fraction of sp³-hybridized carbons (Fsp3) is 0.167. The van der Waals surface area contributed by atoms with Crippen molar-refractivity contribution in [1.82, 2.24) is 4.37 Å². The van der Waals surface area contributed by atoms with Gasteiger partial charge < -0.3 is 5.32 Å². The molecule has 86 valence electrons. The molecule has 1 aromatic carbocycles. The molecule has 0 radical (unpaired) electrons. The number of aryl methyl sites for hydroxylation is 2. The molecular weight excluding hydrogens is 237 g/mol. The zero-order chi connectivity index (χ0) is 12.4. The number of halogens is 1. The van der Waals surface area contributed by atoms with E-state index < -0.39 is 0 Å². The first-order chi connectivity index (χ1) is 8.11. The Bertz CT molecular complexity index is 598. The number of nitrogens with zero attached hydrogens (tertiary/aromatic N) is 2. The van der Waals surface area contributed by atoms with Crippen molar-refractivity contribution >= 4 is 22.2 Å². The van der Waals surface area contributed by atoms with Crippen LogP contribution in [0, 0.1) is 31.0 Å². The molecule has 3 nitrogen and oxygen atoms in total. The third-order valence-corrected chi connectivity index (χ3v) is 3.20. The third-order valence-electron chi connectivity index (χ3n) is 2.34. The lowest BCUT2D eigenvalue weighted by molar-refractivity contribution is 0.631. The molecule has 2 aromatic rings. The molecule has 0 spiro atoms. The van der Waals surface area contributed by atoms with Gasteiger partial charge in [0.05, 0.1) is 11.4 Å². The lowest BCUT2D eigenvalue weighted by atomic mass is 10.2. The van der Waals surface area contributed by atoms with Crippen molar-refractivity contribution in [2.75, 3.05) is 5.32 Å². The van der Waals surface area contributed by atoms with Crippen LogP contribution in [0.1, 0.15) is 16.8 Å². The van der Waals surface area contributed by atoms with E-state index in [1.807, 2.05) is 6.92 Å². The van der Waals surface area contributed by atoms with E-state index in [-0.39, 0.29) is 5.82 Å². The van der Waals surface area contributed by atoms with Gasteiger partial charge in [-0.2, -0.15) is 9.64 Å². The lowest BCUT2D eigenvalue weighted by Gasteiger charge is -2.06. The molecule has 2 rings (SSSR count). The molecule has 1 aromatic heterocycles. The first-order valence-corrected chi connectivity index (χ1v) is 5.78. The summed E-state index contributed by atoms with van der Waals surface area (Å²) in [5, 5.41) is 12.5. The largest absolute Gasteiger partial charge is 0.342 e. The van der Waals surface area contributed by atoms with Crippen LogP contribution in [0.25, 0.3) is 0 Å². The summed E-state index contributed by atoms with van der Waals surface area (Å²) in [5.41, 5.74) is 2.45. The number of anilines is 2. The van der Waals surface area contributed by atoms with E-state index in [4.69, 9.17) is 5.26 Å². The molecule has 0 unspecified atom stereocenters. The number of nitriles is 1. The number of benzene rings is 1. The van der Waals surface area contributed by atoms with Crippen LogP contribution < -0.4 is 5.32 Å². The van der Waals surface area contributed by atoms with Crippen molar-refractivity contribution in [2.24, 2.45) is 0 Å². The maximum Gasteiger partial charge on any atom is 0.146 e. The number of aromatic nitrogens is 1. The summed E-state index contributed by atoms with van der Waals surface area (Å²) in [4.78, 5) is 0. The molecular formula is C12H10FN3S. The average molecular weight is 247 g/mol. The Morgan fingerprint density at radius 3 is 2.88 bits per heavy atom. The number of hydrogen-bond donors (Lipinski definition) is 1. The molecule has 0 aliphatic heterocycles. The Labute approximate surface area is 103 Å². The number of rotatable bonds is 2. The molecule has 0 atom stereocenters. The molecule has 5 heteroatoms. The van der Waals surface area contributed by atoms with Gasteiger partial charge in [0, 0.05) is 0 Å². The van der Waals surface area contributed by atoms with Gasteiger partial charge >= 0.3 is 0 Å². The second kappa shape index (κ2) is 4.52. The van der Waals surface area contributed by atoms with E-state index in [2.05, 4.69) is 15.8 Å². The molecule has 0 aliphatic rings. The van der Waals surface area contributed by atoms with Gasteiger partial charge in [0.25, 0.3) is 0 Å². The van der Waals surface area contributed by atoms with Crippen molar-refractivity contribution in [3.05, 3.63) is 40.8 Å². The molecule has 0 saturated heterocycles. The molecule has 1 N–H and O–H groups in total. The Morgan fingerprint density at radius 1 is 1.41 bits per heavy atom. The minimum absolute atomic E-state index is 0.342. The van der Waals surface area contributed by atoms with Gasteiger partial charge in [0.15, 0.2) is 0 Å². The van der Waals surface area contributed by atoms with E-state index >= 15 is 0 Å². The maximum atomic E-state index is 13.5. The lowest BCUT2D eigenvalue weighted by Crippen LogP contribution is -1.94. The van der Waals surface area contributed by atoms with Gasteiger partial charge in [0.2, 0.25) is 0 Å². The fourth-order valence-electron chi connectivity index (χ4n) is 1.44. The van der Waals surface area contributed by atoms with Gasteiger partial charge in [-0.15, -0.1) is 0 Å². The van der Waals surface area contributed by atoms with E-state index in [9.17, 15) is 4.39 Å². The van der Waals surface area contributed by atoms with Crippen LogP contribution in [0.4, 0.5) is 15.1 Å². The topological polar surface area (TPSA) is 48.7 Å². The minimum atomic E-state index is -0.342. The smallest absolute Gasteiger partial charge is 0.146 e. The summed E-state index contributed by atoms with van der Waals surface area (Å²) in [6.07, 6.45) is 0. The minimum Gasteiger partial charge on any atom is -0.342 e. The van der Waals surface area contributed by atoms with Crippen molar-refractivity contribution in [3.8, 4) is 6.07 Å². The Morgan fingerprint density at radius 2 is 2.18 bits per heavy atom. The molecule has 0 saturated carbocycles. The van der Waals surface area contributed by atoms with Gasteiger partial charge in [-0.3, -0.25) is 0 Å². The quantitative estimate of drug-likeness (QED) is 0.883. The van der Waals surface area contributed by atoms with Crippen LogP contribution in [-0.2, 0) is 0 Å². The zero-order valence-electron chi connectivity index (χ0n) is 9.41. The van der Waals surface area contributed by atoms with Gasteiger partial charge in [-0.25, -0.2) is 4.39 Å². The van der Waals surface area contributed by atoms with Crippen molar-refractivity contribution < 1.29 is 4.39 Å². The van der Waals surface area contributed by atoms with Gasteiger partial charge in [-0.1, -0.05) is 6.07 Å². The SMILES string of the molecule is Cc1ccc(F)c(Nc2snc(C)c2C#N)c1. The highest BCUT2D eigenvalue weighted by Gasteiger charge is 2.11.